The average Bonchev–Trinajstić information content (AvgIpc) is 3.29. The molecule has 8 heteroatoms. The Morgan fingerprint density at radius 1 is 1.21 bits per heavy atom. The highest BCUT2D eigenvalue weighted by molar-refractivity contribution is 7.91. The van der Waals surface area contributed by atoms with Crippen LogP contribution in [0.25, 0.3) is 5.57 Å². The highest BCUT2D eigenvalue weighted by Crippen LogP contribution is 2.29. The number of benzene rings is 1. The zero-order valence-corrected chi connectivity index (χ0v) is 17.4. The summed E-state index contributed by atoms with van der Waals surface area (Å²) < 4.78 is 28.6. The van der Waals surface area contributed by atoms with Crippen molar-refractivity contribution >= 4 is 27.2 Å². The summed E-state index contributed by atoms with van der Waals surface area (Å²) in [6, 6.07) is 7.62. The van der Waals surface area contributed by atoms with Crippen LogP contribution in [-0.2, 0) is 19.4 Å². The van der Waals surface area contributed by atoms with Crippen molar-refractivity contribution in [2.75, 3.05) is 38.2 Å². The largest absolute Gasteiger partial charge is 0.497 e. The van der Waals surface area contributed by atoms with Gasteiger partial charge in [0.25, 0.3) is 0 Å². The number of sulfone groups is 1. The molecule has 7 nitrogen and oxygen atoms in total. The lowest BCUT2D eigenvalue weighted by atomic mass is 9.98. The molecule has 156 valence electrons. The molecule has 0 bridgehead atoms. The average molecular weight is 419 g/mol. The van der Waals surface area contributed by atoms with Gasteiger partial charge >= 0.3 is 0 Å². The van der Waals surface area contributed by atoms with E-state index in [4.69, 9.17) is 4.74 Å². The van der Waals surface area contributed by atoms with Crippen LogP contribution in [0.2, 0.25) is 0 Å². The van der Waals surface area contributed by atoms with Crippen LogP contribution in [0.3, 0.4) is 0 Å². The predicted molar refractivity (Wildman–Crippen MR) is 109 cm³/mol. The second-order valence-corrected chi connectivity index (χ2v) is 10.2. The molecule has 0 radical (unpaired) electrons. The van der Waals surface area contributed by atoms with Crippen LogP contribution in [0.15, 0.2) is 30.3 Å². The fourth-order valence-electron chi connectivity index (χ4n) is 4.47. The zero-order valence-electron chi connectivity index (χ0n) is 16.5. The number of likely N-dealkylation sites (tertiary alicyclic amines) is 1. The van der Waals surface area contributed by atoms with Crippen LogP contribution >= 0.6 is 0 Å². The molecule has 2 saturated heterocycles. The standard InChI is InChI=1S/C21H26N2O5S/c1-28-19-4-2-15(3-5-19)16-6-9-22(10-7-16)21(25)17-12-20(24)23(13-17)18-8-11-29(26,27)14-18/h2-6,17-18H,7-14H2,1H3/t17-,18-/m0/s1. The molecule has 4 rings (SSSR count). The van der Waals surface area contributed by atoms with Gasteiger partial charge in [-0.25, -0.2) is 8.42 Å². The molecule has 1 aromatic carbocycles. The number of carbonyl (C=O) groups excluding carboxylic acids is 2. The summed E-state index contributed by atoms with van der Waals surface area (Å²) in [7, 11) is -1.42. The normalized spacial score (nSPS) is 26.5. The van der Waals surface area contributed by atoms with E-state index in [1.54, 1.807) is 16.9 Å². The third-order valence-corrected chi connectivity index (χ3v) is 7.89. The quantitative estimate of drug-likeness (QED) is 0.737. The second kappa shape index (κ2) is 7.82. The molecule has 29 heavy (non-hydrogen) atoms. The van der Waals surface area contributed by atoms with Gasteiger partial charge in [-0.1, -0.05) is 18.2 Å². The maximum atomic E-state index is 12.9. The number of amides is 2. The van der Waals surface area contributed by atoms with Gasteiger partial charge in [0.1, 0.15) is 5.75 Å². The molecular formula is C21H26N2O5S. The summed E-state index contributed by atoms with van der Waals surface area (Å²) in [4.78, 5) is 28.8. The number of nitrogens with zero attached hydrogens (tertiary/aromatic N) is 2. The molecule has 0 N–H and O–H groups in total. The van der Waals surface area contributed by atoms with Crippen LogP contribution < -0.4 is 4.74 Å². The molecule has 2 atom stereocenters. The highest BCUT2D eigenvalue weighted by atomic mass is 32.2. The summed E-state index contributed by atoms with van der Waals surface area (Å²) in [6.45, 7) is 1.49. The van der Waals surface area contributed by atoms with Gasteiger partial charge in [-0.05, 0) is 36.1 Å². The van der Waals surface area contributed by atoms with Crippen molar-refractivity contribution in [2.24, 2.45) is 5.92 Å². The van der Waals surface area contributed by atoms with Gasteiger partial charge in [0.05, 0.1) is 24.5 Å². The summed E-state index contributed by atoms with van der Waals surface area (Å²) in [6.07, 6.45) is 3.50. The van der Waals surface area contributed by atoms with E-state index in [1.165, 1.54) is 5.57 Å². The topological polar surface area (TPSA) is 84.0 Å². The molecule has 0 spiro atoms. The molecule has 0 saturated carbocycles. The molecule has 3 heterocycles. The van der Waals surface area contributed by atoms with E-state index in [2.05, 4.69) is 6.08 Å². The Kier molecular flexibility index (Phi) is 5.38. The van der Waals surface area contributed by atoms with E-state index in [-0.39, 0.29) is 41.7 Å². The molecule has 0 aromatic heterocycles. The maximum Gasteiger partial charge on any atom is 0.228 e. The molecule has 0 unspecified atom stereocenters. The van der Waals surface area contributed by atoms with Crippen LogP contribution in [0.1, 0.15) is 24.8 Å². The Hall–Kier alpha value is -2.35. The van der Waals surface area contributed by atoms with Gasteiger partial charge < -0.3 is 14.5 Å². The van der Waals surface area contributed by atoms with Gasteiger partial charge in [0.2, 0.25) is 11.8 Å². The van der Waals surface area contributed by atoms with Gasteiger partial charge in [-0.15, -0.1) is 0 Å². The van der Waals surface area contributed by atoms with Crippen LogP contribution in [-0.4, -0.2) is 74.3 Å². The van der Waals surface area contributed by atoms with Crippen molar-refractivity contribution in [3.63, 3.8) is 0 Å². The van der Waals surface area contributed by atoms with E-state index < -0.39 is 9.84 Å². The number of methoxy groups -OCH3 is 1. The summed E-state index contributed by atoms with van der Waals surface area (Å²) in [5.41, 5.74) is 2.33. The first kappa shape index (κ1) is 19.9. The first-order chi connectivity index (χ1) is 13.9. The smallest absolute Gasteiger partial charge is 0.228 e. The Morgan fingerprint density at radius 3 is 2.55 bits per heavy atom. The van der Waals surface area contributed by atoms with Crippen LogP contribution in [0.4, 0.5) is 0 Å². The minimum absolute atomic E-state index is 0.00765. The Labute approximate surface area is 171 Å². The van der Waals surface area contributed by atoms with E-state index in [0.717, 1.165) is 17.7 Å². The monoisotopic (exact) mass is 418 g/mol. The Morgan fingerprint density at radius 2 is 1.97 bits per heavy atom. The molecule has 3 aliphatic rings. The maximum absolute atomic E-state index is 12.9. The summed E-state index contributed by atoms with van der Waals surface area (Å²) >= 11 is 0. The van der Waals surface area contributed by atoms with Crippen LogP contribution in [0.5, 0.6) is 5.75 Å². The van der Waals surface area contributed by atoms with Crippen molar-refractivity contribution in [3.05, 3.63) is 35.9 Å². The molecule has 2 amide bonds. The number of ether oxygens (including phenoxy) is 1. The second-order valence-electron chi connectivity index (χ2n) is 8.00. The van der Waals surface area contributed by atoms with Gasteiger partial charge in [0.15, 0.2) is 9.84 Å². The van der Waals surface area contributed by atoms with Gasteiger partial charge in [0, 0.05) is 32.1 Å². The Bertz CT molecular complexity index is 938. The van der Waals surface area contributed by atoms with Crippen molar-refractivity contribution in [2.45, 2.75) is 25.3 Å². The van der Waals surface area contributed by atoms with Crippen molar-refractivity contribution < 1.29 is 22.7 Å². The minimum Gasteiger partial charge on any atom is -0.497 e. The first-order valence-corrected chi connectivity index (χ1v) is 11.8. The van der Waals surface area contributed by atoms with Gasteiger partial charge in [-0.2, -0.15) is 0 Å². The molecule has 3 aliphatic heterocycles. The highest BCUT2D eigenvalue weighted by Gasteiger charge is 2.42. The minimum atomic E-state index is -3.06. The fourth-order valence-corrected chi connectivity index (χ4v) is 6.20. The van der Waals surface area contributed by atoms with Crippen molar-refractivity contribution in [1.29, 1.82) is 0 Å². The van der Waals surface area contributed by atoms with E-state index in [9.17, 15) is 18.0 Å². The summed E-state index contributed by atoms with van der Waals surface area (Å²) in [5.74, 6) is 0.487. The van der Waals surface area contributed by atoms with Crippen molar-refractivity contribution in [3.8, 4) is 5.75 Å². The van der Waals surface area contributed by atoms with Gasteiger partial charge in [-0.3, -0.25) is 9.59 Å². The molecule has 1 aromatic rings. The van der Waals surface area contributed by atoms with E-state index in [1.807, 2.05) is 24.3 Å². The third-order valence-electron chi connectivity index (χ3n) is 6.14. The molecular weight excluding hydrogens is 392 g/mol. The summed E-state index contributed by atoms with van der Waals surface area (Å²) in [5, 5.41) is 0. The van der Waals surface area contributed by atoms with E-state index in [0.29, 0.717) is 26.1 Å². The lowest BCUT2D eigenvalue weighted by Gasteiger charge is -2.29. The van der Waals surface area contributed by atoms with E-state index >= 15 is 0 Å². The van der Waals surface area contributed by atoms with Crippen LogP contribution in [0, 0.1) is 5.92 Å². The molecule has 0 aliphatic carbocycles. The SMILES string of the molecule is COc1ccc(C2=CCN(C(=O)[C@H]3CC(=O)N([C@H]4CCS(=O)(=O)C4)C3)CC2)cc1. The predicted octanol–water partition coefficient (Wildman–Crippen LogP) is 1.35. The fraction of sp³-hybridized carbons (Fsp3) is 0.524. The molecule has 2 fully saturated rings. The number of carbonyl (C=O) groups is 2. The lowest BCUT2D eigenvalue weighted by molar-refractivity contribution is -0.135. The zero-order chi connectivity index (χ0) is 20.6. The number of hydrogen-bond acceptors (Lipinski definition) is 5. The number of hydrogen-bond donors (Lipinski definition) is 0. The third kappa shape index (κ3) is 4.17. The first-order valence-electron chi connectivity index (χ1n) is 9.98. The number of rotatable bonds is 4. The lowest BCUT2D eigenvalue weighted by Crippen LogP contribution is -2.41. The van der Waals surface area contributed by atoms with Crippen molar-refractivity contribution in [1.82, 2.24) is 9.80 Å². The Balaban J connectivity index is 1.37.